The maximum Gasteiger partial charge on any atom is 0.321 e. The van der Waals surface area contributed by atoms with Crippen molar-refractivity contribution in [3.63, 3.8) is 0 Å². The van der Waals surface area contributed by atoms with Gasteiger partial charge >= 0.3 is 5.97 Å². The summed E-state index contributed by atoms with van der Waals surface area (Å²) in [6, 6.07) is 1.68. The Morgan fingerprint density at radius 1 is 1.56 bits per heavy atom. The summed E-state index contributed by atoms with van der Waals surface area (Å²) in [5.74, 6) is -1.50. The first-order valence-electron chi connectivity index (χ1n) is 4.89. The summed E-state index contributed by atoms with van der Waals surface area (Å²) in [6.45, 7) is 1.73. The third kappa shape index (κ3) is 3.06. The highest BCUT2D eigenvalue weighted by Gasteiger charge is 2.30. The van der Waals surface area contributed by atoms with Gasteiger partial charge in [-0.05, 0) is 12.5 Å². The van der Waals surface area contributed by atoms with Crippen LogP contribution in [0, 0.1) is 0 Å². The summed E-state index contributed by atoms with van der Waals surface area (Å²) in [7, 11) is -3.61. The lowest BCUT2D eigenvalue weighted by Crippen LogP contribution is -2.32. The van der Waals surface area contributed by atoms with Crippen molar-refractivity contribution in [2.24, 2.45) is 0 Å². The Kier molecular flexibility index (Phi) is 4.05. The predicted octanol–water partition coefficient (Wildman–Crippen LogP) is 0.161. The van der Waals surface area contributed by atoms with Gasteiger partial charge in [0.25, 0.3) is 0 Å². The Hall–Kier alpha value is -1.37. The van der Waals surface area contributed by atoms with Crippen molar-refractivity contribution in [2.45, 2.75) is 25.1 Å². The summed E-state index contributed by atoms with van der Waals surface area (Å²) >= 11 is 0. The van der Waals surface area contributed by atoms with Crippen molar-refractivity contribution in [1.82, 2.24) is 9.78 Å². The fourth-order valence-electron chi connectivity index (χ4n) is 1.38. The van der Waals surface area contributed by atoms with Crippen LogP contribution in [0.25, 0.3) is 0 Å². The minimum atomic E-state index is -3.61. The standard InChI is InChI=1S/C9H14N2O4S/c1-2-8(9(12)13)16(14,15)7-6-11-5-3-4-10-11/h3-5,8H,2,6-7H2,1H3,(H,12,13). The van der Waals surface area contributed by atoms with Gasteiger partial charge in [-0.2, -0.15) is 5.10 Å². The second-order valence-corrected chi connectivity index (χ2v) is 5.67. The van der Waals surface area contributed by atoms with Crippen LogP contribution < -0.4 is 0 Å². The molecule has 0 aromatic carbocycles. The number of nitrogens with zero attached hydrogens (tertiary/aromatic N) is 2. The molecule has 0 aliphatic rings. The van der Waals surface area contributed by atoms with Crippen molar-refractivity contribution in [3.8, 4) is 0 Å². The van der Waals surface area contributed by atoms with Crippen LogP contribution in [0.3, 0.4) is 0 Å². The van der Waals surface area contributed by atoms with Crippen LogP contribution in [-0.2, 0) is 21.2 Å². The van der Waals surface area contributed by atoms with Gasteiger partial charge in [-0.15, -0.1) is 0 Å². The van der Waals surface area contributed by atoms with E-state index >= 15 is 0 Å². The molecule has 1 aromatic rings. The second-order valence-electron chi connectivity index (χ2n) is 3.37. The molecule has 16 heavy (non-hydrogen) atoms. The normalized spacial score (nSPS) is 13.6. The maximum atomic E-state index is 11.7. The fourth-order valence-corrected chi connectivity index (χ4v) is 2.92. The van der Waals surface area contributed by atoms with Gasteiger partial charge in [0.1, 0.15) is 0 Å². The van der Waals surface area contributed by atoms with Gasteiger partial charge in [0, 0.05) is 12.4 Å². The molecule has 0 radical (unpaired) electrons. The highest BCUT2D eigenvalue weighted by Crippen LogP contribution is 2.08. The second kappa shape index (κ2) is 5.11. The minimum absolute atomic E-state index is 0.0801. The molecule has 1 heterocycles. The molecule has 0 saturated carbocycles. The lowest BCUT2D eigenvalue weighted by molar-refractivity contribution is -0.136. The Bertz CT molecular complexity index is 438. The number of sulfone groups is 1. The molecule has 1 atom stereocenters. The highest BCUT2D eigenvalue weighted by molar-refractivity contribution is 7.92. The van der Waals surface area contributed by atoms with E-state index in [1.54, 1.807) is 25.4 Å². The van der Waals surface area contributed by atoms with Crippen molar-refractivity contribution in [1.29, 1.82) is 0 Å². The Balaban J connectivity index is 2.67. The molecule has 90 valence electrons. The fraction of sp³-hybridized carbons (Fsp3) is 0.556. The van der Waals surface area contributed by atoms with Crippen molar-refractivity contribution >= 4 is 15.8 Å². The maximum absolute atomic E-state index is 11.7. The quantitative estimate of drug-likeness (QED) is 0.772. The van der Waals surface area contributed by atoms with Gasteiger partial charge in [0.15, 0.2) is 15.1 Å². The third-order valence-corrected chi connectivity index (χ3v) is 4.40. The monoisotopic (exact) mass is 246 g/mol. The summed E-state index contributed by atoms with van der Waals surface area (Å²) in [5, 5.41) is 11.3. The molecule has 0 spiro atoms. The van der Waals surface area contributed by atoms with Crippen LogP contribution in [0.4, 0.5) is 0 Å². The van der Waals surface area contributed by atoms with E-state index in [0.717, 1.165) is 0 Å². The zero-order valence-corrected chi connectivity index (χ0v) is 9.72. The lowest BCUT2D eigenvalue weighted by Gasteiger charge is -2.11. The predicted molar refractivity (Wildman–Crippen MR) is 57.7 cm³/mol. The third-order valence-electron chi connectivity index (χ3n) is 2.24. The number of carboxylic acid groups (broad SMARTS) is 1. The summed E-state index contributed by atoms with van der Waals surface area (Å²) in [5.41, 5.74) is 0. The number of rotatable bonds is 6. The Morgan fingerprint density at radius 3 is 2.69 bits per heavy atom. The van der Waals surface area contributed by atoms with Gasteiger partial charge in [0.05, 0.1) is 12.3 Å². The van der Waals surface area contributed by atoms with Crippen molar-refractivity contribution in [3.05, 3.63) is 18.5 Å². The minimum Gasteiger partial charge on any atom is -0.480 e. The first kappa shape index (κ1) is 12.7. The Morgan fingerprint density at radius 2 is 2.25 bits per heavy atom. The van der Waals surface area contributed by atoms with Gasteiger partial charge in [-0.3, -0.25) is 9.48 Å². The van der Waals surface area contributed by atoms with Crippen LogP contribution in [0.15, 0.2) is 18.5 Å². The number of hydrogen-bond donors (Lipinski definition) is 1. The number of aryl methyl sites for hydroxylation is 1. The van der Waals surface area contributed by atoms with E-state index in [9.17, 15) is 13.2 Å². The number of aliphatic carboxylic acids is 1. The molecule has 1 rings (SSSR count). The zero-order chi connectivity index (χ0) is 12.2. The van der Waals surface area contributed by atoms with E-state index in [1.165, 1.54) is 4.68 Å². The SMILES string of the molecule is CCC(C(=O)O)S(=O)(=O)CCn1cccn1. The zero-order valence-electron chi connectivity index (χ0n) is 8.91. The van der Waals surface area contributed by atoms with E-state index in [0.29, 0.717) is 0 Å². The molecule has 7 heteroatoms. The van der Waals surface area contributed by atoms with E-state index in [4.69, 9.17) is 5.11 Å². The van der Waals surface area contributed by atoms with Crippen molar-refractivity contribution < 1.29 is 18.3 Å². The van der Waals surface area contributed by atoms with Crippen molar-refractivity contribution in [2.75, 3.05) is 5.75 Å². The number of aromatic nitrogens is 2. The average Bonchev–Trinajstić information content (AvgIpc) is 2.67. The molecule has 0 saturated heterocycles. The first-order valence-corrected chi connectivity index (χ1v) is 6.60. The van der Waals surface area contributed by atoms with Crippen LogP contribution in [-0.4, -0.2) is 40.3 Å². The first-order chi connectivity index (χ1) is 7.47. The van der Waals surface area contributed by atoms with Crippen LogP contribution in [0.5, 0.6) is 0 Å². The van der Waals surface area contributed by atoms with Crippen LogP contribution in [0.1, 0.15) is 13.3 Å². The number of carbonyl (C=O) groups is 1. The molecule has 6 nitrogen and oxygen atoms in total. The number of hydrogen-bond acceptors (Lipinski definition) is 4. The van der Waals surface area contributed by atoms with E-state index in [-0.39, 0.29) is 18.7 Å². The molecular formula is C9H14N2O4S. The van der Waals surface area contributed by atoms with Crippen LogP contribution in [0.2, 0.25) is 0 Å². The van der Waals surface area contributed by atoms with Gasteiger partial charge in [-0.25, -0.2) is 8.42 Å². The molecule has 1 unspecified atom stereocenters. The van der Waals surface area contributed by atoms with Gasteiger partial charge < -0.3 is 5.11 Å². The molecule has 0 fully saturated rings. The van der Waals surface area contributed by atoms with Gasteiger partial charge in [-0.1, -0.05) is 6.92 Å². The molecule has 0 amide bonds. The number of carboxylic acids is 1. The van der Waals surface area contributed by atoms with E-state index < -0.39 is 21.1 Å². The van der Waals surface area contributed by atoms with Crippen LogP contribution >= 0.6 is 0 Å². The van der Waals surface area contributed by atoms with E-state index in [2.05, 4.69) is 5.10 Å². The topological polar surface area (TPSA) is 89.3 Å². The van der Waals surface area contributed by atoms with Gasteiger partial charge in [0.2, 0.25) is 0 Å². The Labute approximate surface area is 93.8 Å². The average molecular weight is 246 g/mol. The lowest BCUT2D eigenvalue weighted by atomic mass is 10.3. The summed E-state index contributed by atoms with van der Waals surface area (Å²) in [6.07, 6.45) is 3.26. The summed E-state index contributed by atoms with van der Waals surface area (Å²) < 4.78 is 24.8. The molecule has 0 bridgehead atoms. The molecule has 1 aromatic heterocycles. The smallest absolute Gasteiger partial charge is 0.321 e. The molecular weight excluding hydrogens is 232 g/mol. The highest BCUT2D eigenvalue weighted by atomic mass is 32.2. The molecule has 1 N–H and O–H groups in total. The summed E-state index contributed by atoms with van der Waals surface area (Å²) in [4.78, 5) is 10.7. The molecule has 0 aliphatic carbocycles. The van der Waals surface area contributed by atoms with E-state index in [1.807, 2.05) is 0 Å². The largest absolute Gasteiger partial charge is 0.480 e. The molecule has 0 aliphatic heterocycles.